The molecule has 26 heavy (non-hydrogen) atoms. The van der Waals surface area contributed by atoms with Crippen LogP contribution in [0.2, 0.25) is 0 Å². The van der Waals surface area contributed by atoms with Gasteiger partial charge in [0.1, 0.15) is 5.75 Å². The summed E-state index contributed by atoms with van der Waals surface area (Å²) in [4.78, 5) is 12.6. The Morgan fingerprint density at radius 2 is 1.88 bits per heavy atom. The average molecular weight is 360 g/mol. The van der Waals surface area contributed by atoms with Gasteiger partial charge in [-0.25, -0.2) is 0 Å². The minimum absolute atomic E-state index is 0.00201. The summed E-state index contributed by atoms with van der Waals surface area (Å²) in [5.41, 5.74) is 1.03. The van der Waals surface area contributed by atoms with Crippen LogP contribution in [-0.4, -0.2) is 37.3 Å². The first-order chi connectivity index (χ1) is 12.6. The van der Waals surface area contributed by atoms with Crippen LogP contribution < -0.4 is 15.4 Å². The van der Waals surface area contributed by atoms with E-state index >= 15 is 0 Å². The Kier molecular flexibility index (Phi) is 6.20. The molecule has 0 radical (unpaired) electrons. The van der Waals surface area contributed by atoms with Crippen LogP contribution in [0.4, 0.5) is 5.69 Å². The van der Waals surface area contributed by atoms with E-state index in [4.69, 9.17) is 9.47 Å². The highest BCUT2D eigenvalue weighted by Crippen LogP contribution is 2.54. The van der Waals surface area contributed by atoms with Crippen LogP contribution >= 0.6 is 0 Å². The SMILES string of the molecule is CCOc1ccc(NC(=O)[C@H](C)N[C@H]2C[C@@H](OCC)C23CCCC3)cc1. The van der Waals surface area contributed by atoms with Crippen molar-refractivity contribution >= 4 is 11.6 Å². The zero-order valence-corrected chi connectivity index (χ0v) is 16.2. The lowest BCUT2D eigenvalue weighted by atomic mass is 9.60. The predicted octanol–water partition coefficient (Wildman–Crippen LogP) is 3.74. The van der Waals surface area contributed by atoms with Gasteiger partial charge in [0.05, 0.1) is 18.8 Å². The molecular formula is C21H32N2O3. The van der Waals surface area contributed by atoms with Gasteiger partial charge in [-0.3, -0.25) is 4.79 Å². The van der Waals surface area contributed by atoms with Gasteiger partial charge >= 0.3 is 0 Å². The molecule has 2 aliphatic rings. The largest absolute Gasteiger partial charge is 0.494 e. The first-order valence-electron chi connectivity index (χ1n) is 10.0. The third kappa shape index (κ3) is 3.89. The van der Waals surface area contributed by atoms with Crippen LogP contribution in [0.1, 0.15) is 52.9 Å². The lowest BCUT2D eigenvalue weighted by Gasteiger charge is -2.55. The molecule has 2 aliphatic carbocycles. The predicted molar refractivity (Wildman–Crippen MR) is 104 cm³/mol. The van der Waals surface area contributed by atoms with Crippen molar-refractivity contribution in [3.05, 3.63) is 24.3 Å². The van der Waals surface area contributed by atoms with Gasteiger partial charge in [0.15, 0.2) is 0 Å². The van der Waals surface area contributed by atoms with E-state index < -0.39 is 0 Å². The minimum Gasteiger partial charge on any atom is -0.494 e. The molecule has 3 atom stereocenters. The van der Waals surface area contributed by atoms with Crippen molar-refractivity contribution in [1.82, 2.24) is 5.32 Å². The Hall–Kier alpha value is -1.59. The van der Waals surface area contributed by atoms with Crippen molar-refractivity contribution in [2.45, 2.75) is 71.1 Å². The van der Waals surface area contributed by atoms with Crippen molar-refractivity contribution in [3.63, 3.8) is 0 Å². The van der Waals surface area contributed by atoms with Gasteiger partial charge in [0.2, 0.25) is 5.91 Å². The van der Waals surface area contributed by atoms with E-state index in [9.17, 15) is 4.79 Å². The zero-order chi connectivity index (χ0) is 18.6. The number of anilines is 1. The number of benzene rings is 1. The number of hydrogen-bond donors (Lipinski definition) is 2. The van der Waals surface area contributed by atoms with E-state index in [1.807, 2.05) is 38.1 Å². The number of hydrogen-bond acceptors (Lipinski definition) is 4. The molecule has 0 aliphatic heterocycles. The van der Waals surface area contributed by atoms with Crippen LogP contribution in [-0.2, 0) is 9.53 Å². The van der Waals surface area contributed by atoms with E-state index in [0.717, 1.165) is 24.5 Å². The number of carbonyl (C=O) groups is 1. The van der Waals surface area contributed by atoms with Gasteiger partial charge in [-0.1, -0.05) is 12.8 Å². The highest BCUT2D eigenvalue weighted by molar-refractivity contribution is 5.94. The molecule has 2 saturated carbocycles. The third-order valence-corrected chi connectivity index (χ3v) is 5.96. The number of ether oxygens (including phenoxy) is 2. The zero-order valence-electron chi connectivity index (χ0n) is 16.2. The van der Waals surface area contributed by atoms with Gasteiger partial charge in [0, 0.05) is 23.8 Å². The lowest BCUT2D eigenvalue weighted by molar-refractivity contribution is -0.136. The molecule has 0 heterocycles. The fraction of sp³-hybridized carbons (Fsp3) is 0.667. The molecule has 2 N–H and O–H groups in total. The second-order valence-electron chi connectivity index (χ2n) is 7.51. The molecule has 0 saturated heterocycles. The molecule has 0 aromatic heterocycles. The minimum atomic E-state index is -0.230. The monoisotopic (exact) mass is 360 g/mol. The molecule has 1 aromatic carbocycles. The highest BCUT2D eigenvalue weighted by Gasteiger charge is 2.56. The highest BCUT2D eigenvalue weighted by atomic mass is 16.5. The fourth-order valence-corrected chi connectivity index (χ4v) is 4.55. The third-order valence-electron chi connectivity index (χ3n) is 5.96. The van der Waals surface area contributed by atoms with E-state index in [1.54, 1.807) is 0 Å². The molecule has 3 rings (SSSR count). The first-order valence-corrected chi connectivity index (χ1v) is 10.0. The van der Waals surface area contributed by atoms with Gasteiger partial charge in [-0.2, -0.15) is 0 Å². The number of nitrogens with one attached hydrogen (secondary N) is 2. The number of rotatable bonds is 8. The average Bonchev–Trinajstić information content (AvgIpc) is 3.15. The summed E-state index contributed by atoms with van der Waals surface area (Å²) in [6.07, 6.45) is 6.33. The van der Waals surface area contributed by atoms with E-state index in [0.29, 0.717) is 18.8 Å². The van der Waals surface area contributed by atoms with Crippen LogP contribution in [0.5, 0.6) is 5.75 Å². The van der Waals surface area contributed by atoms with Crippen molar-refractivity contribution < 1.29 is 14.3 Å². The normalized spacial score (nSPS) is 24.9. The van der Waals surface area contributed by atoms with Crippen LogP contribution in [0.3, 0.4) is 0 Å². The standard InChI is InChI=1S/C21H32N2O3/c1-4-25-17-10-8-16(9-11-17)23-20(24)15(3)22-18-14-19(26-5-2)21(18)12-6-7-13-21/h8-11,15,18-19,22H,4-7,12-14H2,1-3H3,(H,23,24)/t15-,18-,19+/m0/s1. The summed E-state index contributed by atoms with van der Waals surface area (Å²) in [6.45, 7) is 7.37. The summed E-state index contributed by atoms with van der Waals surface area (Å²) < 4.78 is 11.4. The number of amides is 1. The van der Waals surface area contributed by atoms with Gasteiger partial charge in [0.25, 0.3) is 0 Å². The Bertz CT molecular complexity index is 596. The molecule has 144 valence electrons. The molecule has 5 nitrogen and oxygen atoms in total. The smallest absolute Gasteiger partial charge is 0.241 e. The summed E-state index contributed by atoms with van der Waals surface area (Å²) in [5.74, 6) is 0.818. The second-order valence-corrected chi connectivity index (χ2v) is 7.51. The molecule has 0 bridgehead atoms. The Morgan fingerprint density at radius 3 is 2.50 bits per heavy atom. The molecule has 0 unspecified atom stereocenters. The van der Waals surface area contributed by atoms with Gasteiger partial charge in [-0.15, -0.1) is 0 Å². The summed E-state index contributed by atoms with van der Waals surface area (Å²) in [6, 6.07) is 7.66. The molecule has 5 heteroatoms. The molecule has 1 spiro atoms. The molecule has 1 aromatic rings. The molecule has 1 amide bonds. The maximum Gasteiger partial charge on any atom is 0.241 e. The maximum absolute atomic E-state index is 12.6. The van der Waals surface area contributed by atoms with Gasteiger partial charge in [-0.05, 0) is 64.3 Å². The van der Waals surface area contributed by atoms with Crippen molar-refractivity contribution in [1.29, 1.82) is 0 Å². The van der Waals surface area contributed by atoms with Crippen LogP contribution in [0.25, 0.3) is 0 Å². The first kappa shape index (κ1) is 19.2. The van der Waals surface area contributed by atoms with Crippen molar-refractivity contribution in [2.24, 2.45) is 5.41 Å². The Balaban J connectivity index is 1.54. The molecular weight excluding hydrogens is 328 g/mol. The summed E-state index contributed by atoms with van der Waals surface area (Å²) in [5, 5.41) is 6.56. The van der Waals surface area contributed by atoms with Gasteiger partial charge < -0.3 is 20.1 Å². The second kappa shape index (κ2) is 8.40. The topological polar surface area (TPSA) is 59.6 Å². The van der Waals surface area contributed by atoms with Crippen molar-refractivity contribution in [3.8, 4) is 5.75 Å². The number of carbonyl (C=O) groups excluding carboxylic acids is 1. The summed E-state index contributed by atoms with van der Waals surface area (Å²) in [7, 11) is 0. The van der Waals surface area contributed by atoms with Crippen LogP contribution in [0, 0.1) is 5.41 Å². The van der Waals surface area contributed by atoms with Crippen molar-refractivity contribution in [2.75, 3.05) is 18.5 Å². The van der Waals surface area contributed by atoms with Crippen LogP contribution in [0.15, 0.2) is 24.3 Å². The fourth-order valence-electron chi connectivity index (χ4n) is 4.55. The Morgan fingerprint density at radius 1 is 1.19 bits per heavy atom. The molecule has 2 fully saturated rings. The van der Waals surface area contributed by atoms with E-state index in [1.165, 1.54) is 25.7 Å². The summed E-state index contributed by atoms with van der Waals surface area (Å²) >= 11 is 0. The Labute approximate surface area is 156 Å². The van der Waals surface area contributed by atoms with E-state index in [2.05, 4.69) is 17.6 Å². The lowest BCUT2D eigenvalue weighted by Crippen LogP contribution is -2.65. The van der Waals surface area contributed by atoms with E-state index in [-0.39, 0.29) is 17.4 Å². The maximum atomic E-state index is 12.6. The quantitative estimate of drug-likeness (QED) is 0.741.